The van der Waals surface area contributed by atoms with Gasteiger partial charge in [0.15, 0.2) is 23.0 Å². The molecule has 0 spiro atoms. The van der Waals surface area contributed by atoms with Crippen molar-refractivity contribution in [2.45, 2.75) is 64.8 Å². The average Bonchev–Trinajstić information content (AvgIpc) is 3.38. The van der Waals surface area contributed by atoms with Gasteiger partial charge in [-0.2, -0.15) is 0 Å². The Morgan fingerprint density at radius 1 is 1.29 bits per heavy atom. The quantitative estimate of drug-likeness (QED) is 0.630. The van der Waals surface area contributed by atoms with Crippen LogP contribution in [-0.4, -0.2) is 45.9 Å². The van der Waals surface area contributed by atoms with Crippen LogP contribution in [0.5, 0.6) is 11.5 Å². The number of hydrogen-bond acceptors (Lipinski definition) is 8. The van der Waals surface area contributed by atoms with E-state index in [1.54, 1.807) is 19.1 Å². The van der Waals surface area contributed by atoms with E-state index in [1.807, 2.05) is 0 Å². The van der Waals surface area contributed by atoms with Crippen LogP contribution in [0.2, 0.25) is 0 Å². The number of phenolic OH excluding ortho intramolecular Hbond substituents is 1. The van der Waals surface area contributed by atoms with Gasteiger partial charge in [-0.25, -0.2) is 4.39 Å². The zero-order valence-electron chi connectivity index (χ0n) is 19.9. The van der Waals surface area contributed by atoms with E-state index >= 15 is 0 Å². The lowest BCUT2D eigenvalue weighted by Gasteiger charge is -2.36. The second-order valence-electron chi connectivity index (χ2n) is 9.59. The maximum absolute atomic E-state index is 14.2. The zero-order chi connectivity index (χ0) is 24.9. The number of ether oxygens (including phenoxy) is 2. The molecular weight excluding hydrogens is 473 g/mol. The van der Waals surface area contributed by atoms with Crippen LogP contribution in [0.1, 0.15) is 56.6 Å². The number of halogens is 1. The predicted molar refractivity (Wildman–Crippen MR) is 127 cm³/mol. The molecule has 1 N–H and O–H groups in total. The molecular formula is C25H28FN3O5S. The summed E-state index contributed by atoms with van der Waals surface area (Å²) in [4.78, 5) is 28.9. The lowest BCUT2D eigenvalue weighted by molar-refractivity contribution is -0.133. The molecule has 3 heterocycles. The van der Waals surface area contributed by atoms with E-state index in [9.17, 15) is 19.1 Å². The molecule has 1 amide bonds. The second-order valence-corrected chi connectivity index (χ2v) is 10.6. The lowest BCUT2D eigenvalue weighted by Crippen LogP contribution is -2.42. The number of anilines is 1. The summed E-state index contributed by atoms with van der Waals surface area (Å²) in [6.45, 7) is 6.27. The molecule has 5 rings (SSSR count). The van der Waals surface area contributed by atoms with Crippen molar-refractivity contribution >= 4 is 28.2 Å². The van der Waals surface area contributed by atoms with Crippen LogP contribution >= 0.6 is 11.3 Å². The highest BCUT2D eigenvalue weighted by Gasteiger charge is 2.54. The highest BCUT2D eigenvalue weighted by atomic mass is 32.1. The van der Waals surface area contributed by atoms with E-state index in [4.69, 9.17) is 9.47 Å². The number of carbonyl (C=O) groups is 2. The first-order valence-corrected chi connectivity index (χ1v) is 12.8. The molecule has 1 saturated carbocycles. The van der Waals surface area contributed by atoms with Crippen LogP contribution in [0.25, 0.3) is 0 Å². The Kier molecular flexibility index (Phi) is 6.25. The second kappa shape index (κ2) is 9.22. The fraction of sp³-hybridized carbons (Fsp3) is 0.520. The van der Waals surface area contributed by atoms with Gasteiger partial charge in [0, 0.05) is 6.42 Å². The minimum absolute atomic E-state index is 0.00482. The Bertz CT molecular complexity index is 1200. The molecule has 0 bridgehead atoms. The van der Waals surface area contributed by atoms with Crippen LogP contribution in [0.15, 0.2) is 29.5 Å². The predicted octanol–water partition coefficient (Wildman–Crippen LogP) is 4.29. The van der Waals surface area contributed by atoms with Crippen LogP contribution < -0.4 is 9.64 Å². The maximum atomic E-state index is 14.2. The summed E-state index contributed by atoms with van der Waals surface area (Å²) < 4.78 is 25.9. The normalized spacial score (nSPS) is 26.1. The number of Topliss-reactive ketones (excluding diaryl/α,β-unsaturated/α-hetero) is 1. The Labute approximate surface area is 206 Å². The summed E-state index contributed by atoms with van der Waals surface area (Å²) in [5, 5.41) is 19.9. The number of benzene rings is 1. The molecule has 8 nitrogen and oxygen atoms in total. The van der Waals surface area contributed by atoms with Crippen LogP contribution in [0.4, 0.5) is 9.52 Å². The lowest BCUT2D eigenvalue weighted by atomic mass is 9.77. The minimum atomic E-state index is -1.07. The Balaban J connectivity index is 1.61. The van der Waals surface area contributed by atoms with Gasteiger partial charge >= 0.3 is 0 Å². The molecule has 2 aliphatic heterocycles. The van der Waals surface area contributed by atoms with Crippen LogP contribution in [-0.2, 0) is 20.7 Å². The largest absolute Gasteiger partial charge is 0.504 e. The van der Waals surface area contributed by atoms with Crippen molar-refractivity contribution in [3.63, 3.8) is 0 Å². The molecule has 3 aliphatic rings. The third kappa shape index (κ3) is 4.17. The molecule has 1 aromatic heterocycles. The van der Waals surface area contributed by atoms with Crippen molar-refractivity contribution in [3.05, 3.63) is 40.1 Å². The van der Waals surface area contributed by atoms with Gasteiger partial charge in [-0.1, -0.05) is 31.3 Å². The number of nitrogens with zero attached hydrogens (tertiary/aromatic N) is 3. The van der Waals surface area contributed by atoms with Gasteiger partial charge in [-0.05, 0) is 49.8 Å². The standard InChI is InChI=1S/C25H28FN3O5S/c1-4-33-18-10-13(5-7-16(18)30)21-20-22(31)15-11-14(26)6-8-17(15)34-23(20)24(32)29(21)25-28-27-19(35-25)9-12(2)3/h5,7,10,12,14-15,17,21,30H,4,6,8-9,11H2,1-3H3. The van der Waals surface area contributed by atoms with Crippen LogP contribution in [0.3, 0.4) is 0 Å². The number of ketones is 1. The average molecular weight is 502 g/mol. The molecule has 10 heteroatoms. The van der Waals surface area contributed by atoms with Crippen molar-refractivity contribution in [2.24, 2.45) is 11.8 Å². The van der Waals surface area contributed by atoms with Gasteiger partial charge in [0.2, 0.25) is 5.13 Å². The van der Waals surface area contributed by atoms with E-state index < -0.39 is 30.1 Å². The first-order chi connectivity index (χ1) is 16.8. The maximum Gasteiger partial charge on any atom is 0.296 e. The number of rotatable bonds is 6. The van der Waals surface area contributed by atoms with Crippen LogP contribution in [0, 0.1) is 11.8 Å². The SMILES string of the molecule is CCOc1cc(C2C3=C(OC4CCC(F)CC4C3=O)C(=O)N2c2nnc(CC(C)C)s2)ccc1O. The molecule has 0 radical (unpaired) electrons. The van der Waals surface area contributed by atoms with Gasteiger partial charge in [-0.3, -0.25) is 14.5 Å². The first kappa shape index (κ1) is 23.7. The third-order valence-corrected chi connectivity index (χ3v) is 7.57. The van der Waals surface area contributed by atoms with E-state index in [1.165, 1.54) is 22.3 Å². The molecule has 186 valence electrons. The number of alkyl halides is 1. The first-order valence-electron chi connectivity index (χ1n) is 12.0. The number of aromatic nitrogens is 2. The number of amides is 1. The molecule has 0 saturated heterocycles. The van der Waals surface area contributed by atoms with E-state index in [-0.39, 0.29) is 35.0 Å². The number of aromatic hydroxyl groups is 1. The van der Waals surface area contributed by atoms with Crippen molar-refractivity contribution in [1.29, 1.82) is 0 Å². The topological polar surface area (TPSA) is 102 Å². The number of hydrogen-bond donors (Lipinski definition) is 1. The van der Waals surface area contributed by atoms with Gasteiger partial charge in [0.25, 0.3) is 5.91 Å². The molecule has 1 aromatic carbocycles. The number of fused-ring (bicyclic) bond motifs is 1. The summed E-state index contributed by atoms with van der Waals surface area (Å²) in [5.41, 5.74) is 0.771. The highest BCUT2D eigenvalue weighted by Crippen LogP contribution is 2.49. The van der Waals surface area contributed by atoms with E-state index in [0.29, 0.717) is 42.5 Å². The van der Waals surface area contributed by atoms with Gasteiger partial charge in [0.1, 0.15) is 17.3 Å². The summed E-state index contributed by atoms with van der Waals surface area (Å²) in [7, 11) is 0. The summed E-state index contributed by atoms with van der Waals surface area (Å²) >= 11 is 1.30. The number of phenols is 1. The monoisotopic (exact) mass is 501 g/mol. The highest BCUT2D eigenvalue weighted by molar-refractivity contribution is 7.15. The molecule has 4 atom stereocenters. The molecule has 35 heavy (non-hydrogen) atoms. The van der Waals surface area contributed by atoms with Crippen molar-refractivity contribution in [1.82, 2.24) is 10.2 Å². The van der Waals surface area contributed by atoms with Gasteiger partial charge < -0.3 is 14.6 Å². The van der Waals surface area contributed by atoms with Gasteiger partial charge in [-0.15, -0.1) is 10.2 Å². The van der Waals surface area contributed by atoms with E-state index in [2.05, 4.69) is 24.0 Å². The molecule has 4 unspecified atom stereocenters. The molecule has 1 aliphatic carbocycles. The summed E-state index contributed by atoms with van der Waals surface area (Å²) in [6.07, 6.45) is -0.0958. The fourth-order valence-electron chi connectivity index (χ4n) is 5.07. The summed E-state index contributed by atoms with van der Waals surface area (Å²) in [6, 6.07) is 3.90. The third-order valence-electron chi connectivity index (χ3n) is 6.63. The van der Waals surface area contributed by atoms with Crippen molar-refractivity contribution in [3.8, 4) is 11.5 Å². The minimum Gasteiger partial charge on any atom is -0.504 e. The van der Waals surface area contributed by atoms with Crippen molar-refractivity contribution in [2.75, 3.05) is 11.5 Å². The Morgan fingerprint density at radius 3 is 2.83 bits per heavy atom. The Morgan fingerprint density at radius 2 is 2.09 bits per heavy atom. The molecule has 1 fully saturated rings. The zero-order valence-corrected chi connectivity index (χ0v) is 20.7. The fourth-order valence-corrected chi connectivity index (χ4v) is 6.15. The van der Waals surface area contributed by atoms with Gasteiger partial charge in [0.05, 0.1) is 24.1 Å². The van der Waals surface area contributed by atoms with Crippen molar-refractivity contribution < 1.29 is 28.6 Å². The molecule has 2 aromatic rings. The number of carbonyl (C=O) groups excluding carboxylic acids is 2. The smallest absolute Gasteiger partial charge is 0.296 e. The Hall–Kier alpha value is -3.01. The summed E-state index contributed by atoms with van der Waals surface area (Å²) in [5.74, 6) is -0.802. The van der Waals surface area contributed by atoms with E-state index in [0.717, 1.165) is 5.01 Å².